The molecule has 1 atom stereocenters. The van der Waals surface area contributed by atoms with E-state index in [1.54, 1.807) is 0 Å². The van der Waals surface area contributed by atoms with Gasteiger partial charge in [0.15, 0.2) is 0 Å². The summed E-state index contributed by atoms with van der Waals surface area (Å²) in [5, 5.41) is 12.5. The van der Waals surface area contributed by atoms with Crippen LogP contribution in [0.15, 0.2) is 18.2 Å². The molecule has 2 heteroatoms. The maximum Gasteiger partial charge on any atom is 0.0587 e. The van der Waals surface area contributed by atoms with Crippen LogP contribution in [0.4, 0.5) is 0 Å². The molecule has 1 aliphatic heterocycles. The molecule has 1 aromatic carbocycles. The first-order valence-electron chi connectivity index (χ1n) is 5.22. The van der Waals surface area contributed by atoms with Crippen LogP contribution in [0.5, 0.6) is 0 Å². The molecule has 14 heavy (non-hydrogen) atoms. The van der Waals surface area contributed by atoms with Crippen LogP contribution in [-0.4, -0.2) is 24.3 Å². The molecular formula is C12H17NO. The Morgan fingerprint density at radius 2 is 2.29 bits per heavy atom. The number of rotatable bonds is 1. The molecule has 0 bridgehead atoms. The minimum Gasteiger partial charge on any atom is -0.395 e. The van der Waals surface area contributed by atoms with Gasteiger partial charge in [0.1, 0.15) is 0 Å². The molecule has 0 fully saturated rings. The monoisotopic (exact) mass is 191 g/mol. The van der Waals surface area contributed by atoms with Gasteiger partial charge in [-0.1, -0.05) is 23.8 Å². The third-order valence-electron chi connectivity index (χ3n) is 2.88. The lowest BCUT2D eigenvalue weighted by Gasteiger charge is -2.12. The molecule has 0 saturated heterocycles. The van der Waals surface area contributed by atoms with Crippen LogP contribution in [0.1, 0.15) is 16.7 Å². The highest BCUT2D eigenvalue weighted by atomic mass is 16.3. The van der Waals surface area contributed by atoms with Crippen LogP contribution < -0.4 is 5.32 Å². The molecule has 2 rings (SSSR count). The molecule has 0 amide bonds. The van der Waals surface area contributed by atoms with E-state index in [1.165, 1.54) is 16.7 Å². The van der Waals surface area contributed by atoms with Crippen LogP contribution in [-0.2, 0) is 12.8 Å². The van der Waals surface area contributed by atoms with Crippen LogP contribution in [0.25, 0.3) is 0 Å². The Kier molecular flexibility index (Phi) is 2.85. The van der Waals surface area contributed by atoms with E-state index in [1.807, 2.05) is 0 Å². The second-order valence-corrected chi connectivity index (χ2v) is 4.06. The van der Waals surface area contributed by atoms with E-state index in [9.17, 15) is 0 Å². The Hall–Kier alpha value is -0.860. The van der Waals surface area contributed by atoms with Crippen molar-refractivity contribution >= 4 is 0 Å². The highest BCUT2D eigenvalue weighted by Crippen LogP contribution is 2.16. The van der Waals surface area contributed by atoms with E-state index in [2.05, 4.69) is 30.4 Å². The van der Waals surface area contributed by atoms with Crippen LogP contribution >= 0.6 is 0 Å². The zero-order chi connectivity index (χ0) is 9.97. The molecule has 0 radical (unpaired) electrons. The van der Waals surface area contributed by atoms with Crippen molar-refractivity contribution in [3.05, 3.63) is 34.9 Å². The first-order valence-corrected chi connectivity index (χ1v) is 5.22. The number of nitrogens with one attached hydrogen (secondary N) is 1. The fourth-order valence-electron chi connectivity index (χ4n) is 2.06. The van der Waals surface area contributed by atoms with Crippen molar-refractivity contribution in [1.29, 1.82) is 0 Å². The summed E-state index contributed by atoms with van der Waals surface area (Å²) in [4.78, 5) is 0. The van der Waals surface area contributed by atoms with Crippen LogP contribution in [0.2, 0.25) is 0 Å². The standard InChI is InChI=1S/C12H17NO/c1-9-2-3-10-7-12(8-14)13-5-4-11(10)6-9/h2-3,6,12-14H,4-5,7-8H2,1H3. The van der Waals surface area contributed by atoms with Crippen LogP contribution in [0, 0.1) is 6.92 Å². The fourth-order valence-corrected chi connectivity index (χ4v) is 2.06. The van der Waals surface area contributed by atoms with E-state index in [0.29, 0.717) is 0 Å². The van der Waals surface area contributed by atoms with Crippen molar-refractivity contribution in [3.63, 3.8) is 0 Å². The molecule has 1 aliphatic rings. The summed E-state index contributed by atoms with van der Waals surface area (Å²) in [7, 11) is 0. The molecule has 0 spiro atoms. The lowest BCUT2D eigenvalue weighted by atomic mass is 9.99. The Balaban J connectivity index is 2.27. The highest BCUT2D eigenvalue weighted by Gasteiger charge is 2.14. The summed E-state index contributed by atoms with van der Waals surface area (Å²) in [5.41, 5.74) is 4.15. The summed E-state index contributed by atoms with van der Waals surface area (Å²) >= 11 is 0. The smallest absolute Gasteiger partial charge is 0.0587 e. The number of benzene rings is 1. The first-order chi connectivity index (χ1) is 6.79. The molecule has 0 aromatic heterocycles. The molecule has 0 aliphatic carbocycles. The number of hydrogen-bond donors (Lipinski definition) is 2. The Morgan fingerprint density at radius 1 is 1.43 bits per heavy atom. The van der Waals surface area contributed by atoms with Gasteiger partial charge in [-0.15, -0.1) is 0 Å². The molecule has 1 aromatic rings. The summed E-state index contributed by atoms with van der Waals surface area (Å²) in [6, 6.07) is 6.84. The van der Waals surface area contributed by atoms with Gasteiger partial charge < -0.3 is 10.4 Å². The van der Waals surface area contributed by atoms with Gasteiger partial charge in [0.25, 0.3) is 0 Å². The summed E-state index contributed by atoms with van der Waals surface area (Å²) in [6.45, 7) is 3.33. The summed E-state index contributed by atoms with van der Waals surface area (Å²) in [6.07, 6.45) is 2.03. The van der Waals surface area contributed by atoms with Crippen molar-refractivity contribution in [1.82, 2.24) is 5.32 Å². The lowest BCUT2D eigenvalue weighted by molar-refractivity contribution is 0.244. The maximum atomic E-state index is 9.13. The van der Waals surface area contributed by atoms with Gasteiger partial charge in [-0.25, -0.2) is 0 Å². The summed E-state index contributed by atoms with van der Waals surface area (Å²) in [5.74, 6) is 0. The van der Waals surface area contributed by atoms with E-state index in [4.69, 9.17) is 5.11 Å². The normalized spacial score (nSPS) is 21.4. The average molecular weight is 191 g/mol. The zero-order valence-corrected chi connectivity index (χ0v) is 8.59. The molecule has 76 valence electrons. The van der Waals surface area contributed by atoms with Crippen molar-refractivity contribution in [2.45, 2.75) is 25.8 Å². The predicted molar refractivity (Wildman–Crippen MR) is 57.5 cm³/mol. The van der Waals surface area contributed by atoms with E-state index in [-0.39, 0.29) is 12.6 Å². The molecule has 1 heterocycles. The molecular weight excluding hydrogens is 174 g/mol. The predicted octanol–water partition coefficient (Wildman–Crippen LogP) is 1.04. The first kappa shape index (κ1) is 9.69. The Bertz CT molecular complexity index is 322. The van der Waals surface area contributed by atoms with Gasteiger partial charge in [-0.05, 0) is 37.4 Å². The zero-order valence-electron chi connectivity index (χ0n) is 8.59. The minimum absolute atomic E-state index is 0.229. The van der Waals surface area contributed by atoms with Crippen molar-refractivity contribution < 1.29 is 5.11 Å². The van der Waals surface area contributed by atoms with Gasteiger partial charge in [-0.3, -0.25) is 0 Å². The number of aliphatic hydroxyl groups is 1. The van der Waals surface area contributed by atoms with Gasteiger partial charge in [-0.2, -0.15) is 0 Å². The average Bonchev–Trinajstić information content (AvgIpc) is 2.38. The number of aliphatic hydroxyl groups excluding tert-OH is 1. The molecule has 1 unspecified atom stereocenters. The quantitative estimate of drug-likeness (QED) is 0.695. The third-order valence-corrected chi connectivity index (χ3v) is 2.88. The molecule has 2 nitrogen and oxygen atoms in total. The van der Waals surface area contributed by atoms with Gasteiger partial charge in [0.05, 0.1) is 6.61 Å². The number of aryl methyl sites for hydroxylation is 1. The third kappa shape index (κ3) is 1.97. The van der Waals surface area contributed by atoms with Gasteiger partial charge in [0.2, 0.25) is 0 Å². The SMILES string of the molecule is Cc1ccc2c(c1)CCNC(CO)C2. The summed E-state index contributed by atoms with van der Waals surface area (Å²) < 4.78 is 0. The van der Waals surface area contributed by atoms with E-state index >= 15 is 0 Å². The van der Waals surface area contributed by atoms with E-state index in [0.717, 1.165) is 19.4 Å². The van der Waals surface area contributed by atoms with Crippen molar-refractivity contribution in [3.8, 4) is 0 Å². The topological polar surface area (TPSA) is 32.3 Å². The molecule has 0 saturated carbocycles. The number of hydrogen-bond acceptors (Lipinski definition) is 2. The maximum absolute atomic E-state index is 9.13. The van der Waals surface area contributed by atoms with Crippen LogP contribution in [0.3, 0.4) is 0 Å². The molecule has 2 N–H and O–H groups in total. The fraction of sp³-hybridized carbons (Fsp3) is 0.500. The Labute approximate surface area is 85.0 Å². The minimum atomic E-state index is 0.229. The van der Waals surface area contributed by atoms with Crippen molar-refractivity contribution in [2.24, 2.45) is 0 Å². The van der Waals surface area contributed by atoms with Gasteiger partial charge >= 0.3 is 0 Å². The van der Waals surface area contributed by atoms with Crippen molar-refractivity contribution in [2.75, 3.05) is 13.2 Å². The lowest BCUT2D eigenvalue weighted by Crippen LogP contribution is -2.33. The largest absolute Gasteiger partial charge is 0.395 e. The highest BCUT2D eigenvalue weighted by molar-refractivity contribution is 5.33. The van der Waals surface area contributed by atoms with E-state index < -0.39 is 0 Å². The second-order valence-electron chi connectivity index (χ2n) is 4.06. The second kappa shape index (κ2) is 4.11. The Morgan fingerprint density at radius 3 is 3.07 bits per heavy atom. The van der Waals surface area contributed by atoms with Gasteiger partial charge in [0, 0.05) is 6.04 Å². The number of fused-ring (bicyclic) bond motifs is 1.